The first-order valence-electron chi connectivity index (χ1n) is 9.65. The zero-order valence-corrected chi connectivity index (χ0v) is 16.7. The molecule has 7 N–H and O–H groups in total. The molecule has 0 unspecified atom stereocenters. The lowest BCUT2D eigenvalue weighted by molar-refractivity contribution is 0.1000. The Morgan fingerprint density at radius 1 is 1.10 bits per heavy atom. The molecule has 0 bridgehead atoms. The number of amides is 2. The molecule has 0 radical (unpaired) electrons. The fourth-order valence-electron chi connectivity index (χ4n) is 3.51. The number of nitrogens with one attached hydrogen (secondary N) is 4. The number of hydrogen-bond acceptors (Lipinski definition) is 7. The van der Waals surface area contributed by atoms with E-state index in [0.29, 0.717) is 12.8 Å². The molecule has 3 rings (SSSR count). The highest BCUT2D eigenvalue weighted by Crippen LogP contribution is 2.27. The summed E-state index contributed by atoms with van der Waals surface area (Å²) >= 11 is 0. The number of halogens is 2. The Morgan fingerprint density at radius 3 is 2.39 bits per heavy atom. The molecule has 2 amide bonds. The highest BCUT2D eigenvalue weighted by Gasteiger charge is 2.28. The predicted molar refractivity (Wildman–Crippen MR) is 111 cm³/mol. The molecule has 1 aliphatic carbocycles. The van der Waals surface area contributed by atoms with Crippen LogP contribution < -0.4 is 27.0 Å². The lowest BCUT2D eigenvalue weighted by Gasteiger charge is -2.32. The van der Waals surface area contributed by atoms with E-state index >= 15 is 0 Å². The Labute approximate surface area is 176 Å². The molecule has 0 aliphatic heterocycles. The first-order chi connectivity index (χ1) is 14.8. The largest absolute Gasteiger partial charge is 0.465 e. The minimum absolute atomic E-state index is 0.0318. The molecule has 0 aromatic carbocycles. The van der Waals surface area contributed by atoms with Gasteiger partial charge in [-0.25, -0.2) is 23.5 Å². The third kappa shape index (κ3) is 5.27. The van der Waals surface area contributed by atoms with Crippen LogP contribution in [0.5, 0.6) is 0 Å². The van der Waals surface area contributed by atoms with Crippen molar-refractivity contribution in [2.45, 2.75) is 37.8 Å². The number of aromatic nitrogens is 2. The third-order valence-corrected chi connectivity index (χ3v) is 4.98. The van der Waals surface area contributed by atoms with Gasteiger partial charge in [-0.3, -0.25) is 4.79 Å². The topological polar surface area (TPSA) is 154 Å². The van der Waals surface area contributed by atoms with Crippen LogP contribution in [0.2, 0.25) is 0 Å². The zero-order valence-electron chi connectivity index (χ0n) is 16.7. The molecule has 2 aromatic heterocycles. The van der Waals surface area contributed by atoms with Crippen LogP contribution in [0.25, 0.3) is 0 Å². The van der Waals surface area contributed by atoms with Gasteiger partial charge in [0.25, 0.3) is 5.91 Å². The van der Waals surface area contributed by atoms with Gasteiger partial charge in [-0.15, -0.1) is 0 Å². The molecule has 2 heterocycles. The Hall–Kier alpha value is -3.70. The van der Waals surface area contributed by atoms with Crippen molar-refractivity contribution in [2.24, 2.45) is 5.73 Å². The van der Waals surface area contributed by atoms with Crippen molar-refractivity contribution >= 4 is 35.1 Å². The highest BCUT2D eigenvalue weighted by molar-refractivity contribution is 5.98. The molecule has 1 fully saturated rings. The van der Waals surface area contributed by atoms with E-state index in [1.807, 2.05) is 0 Å². The van der Waals surface area contributed by atoms with Crippen molar-refractivity contribution in [3.63, 3.8) is 0 Å². The first kappa shape index (κ1) is 22.0. The van der Waals surface area contributed by atoms with Crippen molar-refractivity contribution in [3.05, 3.63) is 35.5 Å². The van der Waals surface area contributed by atoms with Crippen LogP contribution in [0.3, 0.4) is 0 Å². The molecule has 0 saturated heterocycles. The standard InChI is InChI=1S/C19H23F2N7O3/c1-23-17-11(20)6-9(8-24-17)25-16-10(15(22)29)7-12(21)18(28-16)26-13-4-2-3-5-14(13)27-19(30)31/h6-8,13-14,27H,2-5H2,1H3,(H2,22,29)(H,23,24)(H,30,31)(H2,25,26,28)/t13-,14+/m1/s1. The van der Waals surface area contributed by atoms with E-state index in [-0.39, 0.29) is 28.7 Å². The van der Waals surface area contributed by atoms with Gasteiger partial charge in [0.05, 0.1) is 23.5 Å². The van der Waals surface area contributed by atoms with Crippen LogP contribution in [0.1, 0.15) is 36.0 Å². The maximum atomic E-state index is 14.7. The van der Waals surface area contributed by atoms with E-state index in [9.17, 15) is 18.4 Å². The second kappa shape index (κ2) is 9.41. The minimum atomic E-state index is -1.17. The van der Waals surface area contributed by atoms with E-state index < -0.39 is 35.7 Å². The number of carbonyl (C=O) groups excluding carboxylic acids is 1. The lowest BCUT2D eigenvalue weighted by Crippen LogP contribution is -2.48. The van der Waals surface area contributed by atoms with Crippen molar-refractivity contribution < 1.29 is 23.5 Å². The molecule has 166 valence electrons. The molecule has 31 heavy (non-hydrogen) atoms. The SMILES string of the molecule is CNc1ncc(Nc2nc(N[C@@H]3CCCC[C@@H]3NC(=O)O)c(F)cc2C(N)=O)cc1F. The van der Waals surface area contributed by atoms with E-state index in [0.717, 1.165) is 25.0 Å². The predicted octanol–water partition coefficient (Wildman–Crippen LogP) is 2.63. The Morgan fingerprint density at radius 2 is 1.77 bits per heavy atom. The summed E-state index contributed by atoms with van der Waals surface area (Å²) in [6.07, 6.45) is 3.02. The Kier molecular flexibility index (Phi) is 6.68. The molecule has 2 aromatic rings. The number of nitrogens with zero attached hydrogens (tertiary/aromatic N) is 2. The summed E-state index contributed by atoms with van der Waals surface area (Å²) in [6, 6.07) is 1.24. The second-order valence-electron chi connectivity index (χ2n) is 7.10. The smallest absolute Gasteiger partial charge is 0.404 e. The quantitative estimate of drug-likeness (QED) is 0.388. The van der Waals surface area contributed by atoms with Gasteiger partial charge in [0, 0.05) is 19.2 Å². The van der Waals surface area contributed by atoms with Gasteiger partial charge >= 0.3 is 6.09 Å². The monoisotopic (exact) mass is 435 g/mol. The summed E-state index contributed by atoms with van der Waals surface area (Å²) in [4.78, 5) is 30.9. The van der Waals surface area contributed by atoms with Crippen molar-refractivity contribution in [1.29, 1.82) is 0 Å². The van der Waals surface area contributed by atoms with Gasteiger partial charge in [-0.05, 0) is 18.9 Å². The minimum Gasteiger partial charge on any atom is -0.465 e. The number of pyridine rings is 2. The van der Waals surface area contributed by atoms with Gasteiger partial charge in [0.1, 0.15) is 5.82 Å². The third-order valence-electron chi connectivity index (χ3n) is 4.98. The number of rotatable bonds is 7. The number of carboxylic acid groups (broad SMARTS) is 1. The van der Waals surface area contributed by atoms with Crippen LogP contribution in [0, 0.1) is 11.6 Å². The number of anilines is 4. The van der Waals surface area contributed by atoms with Crippen molar-refractivity contribution in [2.75, 3.05) is 23.0 Å². The average Bonchev–Trinajstić information content (AvgIpc) is 2.71. The number of hydrogen-bond donors (Lipinski definition) is 6. The molecule has 2 atom stereocenters. The van der Waals surface area contributed by atoms with Gasteiger partial charge in [0.2, 0.25) is 0 Å². The summed E-state index contributed by atoms with van der Waals surface area (Å²) in [5.74, 6) is -2.63. The number of nitrogens with two attached hydrogens (primary N) is 1. The van der Waals surface area contributed by atoms with Gasteiger partial charge in [-0.2, -0.15) is 0 Å². The van der Waals surface area contributed by atoms with E-state index in [1.54, 1.807) is 0 Å². The Bertz CT molecular complexity index is 989. The first-order valence-corrected chi connectivity index (χ1v) is 9.65. The zero-order chi connectivity index (χ0) is 22.5. The molecule has 10 nitrogen and oxygen atoms in total. The second-order valence-corrected chi connectivity index (χ2v) is 7.10. The molecule has 1 aliphatic rings. The van der Waals surface area contributed by atoms with E-state index in [2.05, 4.69) is 31.2 Å². The summed E-state index contributed by atoms with van der Waals surface area (Å²) in [7, 11) is 1.51. The molecular weight excluding hydrogens is 412 g/mol. The lowest BCUT2D eigenvalue weighted by atomic mass is 9.90. The molecule has 12 heteroatoms. The molecule has 0 spiro atoms. The van der Waals surface area contributed by atoms with E-state index in [4.69, 9.17) is 10.8 Å². The summed E-state index contributed by atoms with van der Waals surface area (Å²) in [6.45, 7) is 0. The van der Waals surface area contributed by atoms with Gasteiger partial charge < -0.3 is 32.1 Å². The van der Waals surface area contributed by atoms with Gasteiger partial charge in [-0.1, -0.05) is 12.8 Å². The summed E-state index contributed by atoms with van der Waals surface area (Å²) in [5, 5.41) is 19.7. The van der Waals surface area contributed by atoms with Crippen LogP contribution in [0.4, 0.5) is 36.7 Å². The van der Waals surface area contributed by atoms with Crippen LogP contribution in [0.15, 0.2) is 18.3 Å². The fraction of sp³-hybridized carbons (Fsp3) is 0.368. The number of carbonyl (C=O) groups is 2. The van der Waals surface area contributed by atoms with Crippen LogP contribution in [-0.2, 0) is 0 Å². The Balaban J connectivity index is 1.90. The van der Waals surface area contributed by atoms with Crippen LogP contribution >= 0.6 is 0 Å². The average molecular weight is 435 g/mol. The van der Waals surface area contributed by atoms with E-state index in [1.165, 1.54) is 13.2 Å². The van der Waals surface area contributed by atoms with Gasteiger partial charge in [0.15, 0.2) is 23.3 Å². The summed E-state index contributed by atoms with van der Waals surface area (Å²) in [5.41, 5.74) is 5.28. The maximum Gasteiger partial charge on any atom is 0.404 e. The van der Waals surface area contributed by atoms with Crippen molar-refractivity contribution in [3.8, 4) is 0 Å². The highest BCUT2D eigenvalue weighted by atomic mass is 19.1. The van der Waals surface area contributed by atoms with Crippen LogP contribution in [-0.4, -0.2) is 46.2 Å². The van der Waals surface area contributed by atoms with Crippen molar-refractivity contribution in [1.82, 2.24) is 15.3 Å². The normalized spacial score (nSPS) is 18.2. The summed E-state index contributed by atoms with van der Waals surface area (Å²) < 4.78 is 28.7. The molecular formula is C19H23F2N7O3. The molecule has 1 saturated carbocycles. The fourth-order valence-corrected chi connectivity index (χ4v) is 3.51. The maximum absolute atomic E-state index is 14.7. The number of primary amides is 1.